The first-order valence-corrected chi connectivity index (χ1v) is 7.86. The maximum atomic E-state index is 13.7. The van der Waals surface area contributed by atoms with Crippen LogP contribution in [0.5, 0.6) is 5.75 Å². The van der Waals surface area contributed by atoms with E-state index in [1.165, 1.54) is 18.2 Å². The molecule has 26 heavy (non-hydrogen) atoms. The highest BCUT2D eigenvalue weighted by Gasteiger charge is 2.27. The monoisotopic (exact) mass is 374 g/mol. The summed E-state index contributed by atoms with van der Waals surface area (Å²) in [5.41, 5.74) is 0.618. The molecular weight excluding hydrogens is 363 g/mol. The number of amides is 4. The second kappa shape index (κ2) is 7.37. The second-order valence-electron chi connectivity index (χ2n) is 5.35. The zero-order chi connectivity index (χ0) is 18.7. The van der Waals surface area contributed by atoms with Gasteiger partial charge in [0.1, 0.15) is 23.7 Å². The van der Waals surface area contributed by atoms with Crippen molar-refractivity contribution in [1.29, 1.82) is 0 Å². The standard InChI is InChI=1S/C18H12ClFN2O4/c19-14-2-1-3-15(20)13(14)9-26-11-6-4-10(5-7-11)8-12-16(23)21-18(25)22-17(12)24/h1-8H,9H2,(H2,21,22,23,24,25). The number of carbonyl (C=O) groups is 3. The summed E-state index contributed by atoms with van der Waals surface area (Å²) in [4.78, 5) is 34.4. The van der Waals surface area contributed by atoms with Gasteiger partial charge in [0.05, 0.1) is 5.02 Å². The van der Waals surface area contributed by atoms with Gasteiger partial charge in [-0.3, -0.25) is 20.2 Å². The van der Waals surface area contributed by atoms with Crippen molar-refractivity contribution < 1.29 is 23.5 Å². The van der Waals surface area contributed by atoms with Crippen LogP contribution < -0.4 is 15.4 Å². The van der Waals surface area contributed by atoms with Crippen LogP contribution in [0.4, 0.5) is 9.18 Å². The summed E-state index contributed by atoms with van der Waals surface area (Å²) in [6.45, 7) is -0.0428. The number of benzene rings is 2. The Morgan fingerprint density at radius 2 is 1.65 bits per heavy atom. The van der Waals surface area contributed by atoms with Gasteiger partial charge in [-0.1, -0.05) is 29.8 Å². The van der Waals surface area contributed by atoms with Crippen LogP contribution >= 0.6 is 11.6 Å². The van der Waals surface area contributed by atoms with E-state index < -0.39 is 23.7 Å². The fraction of sp³-hybridized carbons (Fsp3) is 0.0556. The zero-order valence-electron chi connectivity index (χ0n) is 13.2. The number of hydrogen-bond acceptors (Lipinski definition) is 4. The normalized spacial score (nSPS) is 13.9. The third-order valence-electron chi connectivity index (χ3n) is 3.58. The lowest BCUT2D eigenvalue weighted by atomic mass is 10.1. The molecule has 1 heterocycles. The predicted molar refractivity (Wildman–Crippen MR) is 91.8 cm³/mol. The average Bonchev–Trinajstić information content (AvgIpc) is 2.59. The lowest BCUT2D eigenvalue weighted by molar-refractivity contribution is -0.123. The van der Waals surface area contributed by atoms with Crippen LogP contribution in [0.25, 0.3) is 6.08 Å². The van der Waals surface area contributed by atoms with E-state index in [0.29, 0.717) is 11.3 Å². The molecule has 0 unspecified atom stereocenters. The first-order valence-electron chi connectivity index (χ1n) is 7.48. The minimum absolute atomic E-state index is 0.0428. The molecule has 0 radical (unpaired) electrons. The zero-order valence-corrected chi connectivity index (χ0v) is 14.0. The van der Waals surface area contributed by atoms with Gasteiger partial charge in [0.25, 0.3) is 11.8 Å². The highest BCUT2D eigenvalue weighted by molar-refractivity contribution is 6.31. The number of urea groups is 1. The maximum Gasteiger partial charge on any atom is 0.328 e. The summed E-state index contributed by atoms with van der Waals surface area (Å²) in [6.07, 6.45) is 1.34. The molecule has 1 fully saturated rings. The molecule has 0 saturated carbocycles. The van der Waals surface area contributed by atoms with E-state index in [-0.39, 0.29) is 22.8 Å². The van der Waals surface area contributed by atoms with Crippen LogP contribution in [0.2, 0.25) is 5.02 Å². The Morgan fingerprint density at radius 3 is 2.27 bits per heavy atom. The Kier molecular flexibility index (Phi) is 4.99. The summed E-state index contributed by atoms with van der Waals surface area (Å²) >= 11 is 5.94. The summed E-state index contributed by atoms with van der Waals surface area (Å²) in [5.74, 6) is -1.54. The first kappa shape index (κ1) is 17.6. The number of hydrogen-bond donors (Lipinski definition) is 2. The molecule has 6 nitrogen and oxygen atoms in total. The maximum absolute atomic E-state index is 13.7. The minimum atomic E-state index is -0.854. The smallest absolute Gasteiger partial charge is 0.328 e. The Morgan fingerprint density at radius 1 is 1.00 bits per heavy atom. The fourth-order valence-corrected chi connectivity index (χ4v) is 2.48. The average molecular weight is 375 g/mol. The molecule has 132 valence electrons. The van der Waals surface area contributed by atoms with Crippen LogP contribution in [0.3, 0.4) is 0 Å². The van der Waals surface area contributed by atoms with Gasteiger partial charge in [-0.25, -0.2) is 9.18 Å². The number of ether oxygens (including phenoxy) is 1. The molecule has 4 amide bonds. The molecule has 0 bridgehead atoms. The van der Waals surface area contributed by atoms with Gasteiger partial charge in [0.2, 0.25) is 0 Å². The molecule has 2 aromatic rings. The van der Waals surface area contributed by atoms with E-state index in [1.54, 1.807) is 30.3 Å². The number of halogens is 2. The summed E-state index contributed by atoms with van der Waals surface area (Å²) in [6, 6.07) is 9.96. The van der Waals surface area contributed by atoms with Crippen LogP contribution in [0.1, 0.15) is 11.1 Å². The molecule has 0 aromatic heterocycles. The lowest BCUT2D eigenvalue weighted by Crippen LogP contribution is -2.51. The molecule has 2 N–H and O–H groups in total. The Hall–Kier alpha value is -3.19. The summed E-state index contributed by atoms with van der Waals surface area (Å²) in [5, 5.41) is 4.25. The van der Waals surface area contributed by atoms with Gasteiger partial charge in [0.15, 0.2) is 0 Å². The van der Waals surface area contributed by atoms with Crippen LogP contribution in [-0.2, 0) is 16.2 Å². The number of barbiturate groups is 1. The van der Waals surface area contributed by atoms with Crippen LogP contribution in [-0.4, -0.2) is 17.8 Å². The van der Waals surface area contributed by atoms with Gasteiger partial charge in [-0.2, -0.15) is 0 Å². The van der Waals surface area contributed by atoms with E-state index >= 15 is 0 Å². The predicted octanol–water partition coefficient (Wildman–Crippen LogP) is 2.81. The van der Waals surface area contributed by atoms with Gasteiger partial charge in [0, 0.05) is 5.56 Å². The van der Waals surface area contributed by atoms with Gasteiger partial charge < -0.3 is 4.74 Å². The number of imide groups is 2. The van der Waals surface area contributed by atoms with E-state index in [1.807, 2.05) is 10.6 Å². The van der Waals surface area contributed by atoms with Crippen LogP contribution in [0.15, 0.2) is 48.0 Å². The lowest BCUT2D eigenvalue weighted by Gasteiger charge is -2.14. The SMILES string of the molecule is O=C1NC(=O)C(=Cc2ccc(OCc3c(F)cccc3Cl)cc2)C(=O)N1. The summed E-state index contributed by atoms with van der Waals surface area (Å²) in [7, 11) is 0. The molecule has 0 atom stereocenters. The van der Waals surface area contributed by atoms with Crippen molar-refractivity contribution in [2.45, 2.75) is 6.61 Å². The largest absolute Gasteiger partial charge is 0.489 e. The molecular formula is C18H12ClFN2O4. The van der Waals surface area contributed by atoms with Crippen LogP contribution in [0, 0.1) is 5.82 Å². The van der Waals surface area contributed by atoms with Crippen molar-refractivity contribution in [2.24, 2.45) is 0 Å². The van der Waals surface area contributed by atoms with E-state index in [4.69, 9.17) is 16.3 Å². The number of nitrogens with one attached hydrogen (secondary N) is 2. The van der Waals surface area contributed by atoms with E-state index in [9.17, 15) is 18.8 Å². The molecule has 1 aliphatic heterocycles. The Bertz CT molecular complexity index is 883. The van der Waals surface area contributed by atoms with Crippen molar-refractivity contribution in [3.8, 4) is 5.75 Å². The van der Waals surface area contributed by atoms with Crippen molar-refractivity contribution in [1.82, 2.24) is 10.6 Å². The molecule has 1 aliphatic rings. The van der Waals surface area contributed by atoms with Gasteiger partial charge in [-0.05, 0) is 35.9 Å². The number of rotatable bonds is 4. The van der Waals surface area contributed by atoms with E-state index in [2.05, 4.69) is 0 Å². The van der Waals surface area contributed by atoms with Crippen molar-refractivity contribution in [2.75, 3.05) is 0 Å². The fourth-order valence-electron chi connectivity index (χ4n) is 2.26. The molecule has 8 heteroatoms. The molecule has 1 saturated heterocycles. The highest BCUT2D eigenvalue weighted by Crippen LogP contribution is 2.22. The molecule has 0 aliphatic carbocycles. The highest BCUT2D eigenvalue weighted by atomic mass is 35.5. The molecule has 3 rings (SSSR count). The Labute approximate surface area is 152 Å². The third-order valence-corrected chi connectivity index (χ3v) is 3.93. The minimum Gasteiger partial charge on any atom is -0.489 e. The quantitative estimate of drug-likeness (QED) is 0.636. The number of carbonyl (C=O) groups excluding carboxylic acids is 3. The van der Waals surface area contributed by atoms with E-state index in [0.717, 1.165) is 0 Å². The first-order chi connectivity index (χ1) is 12.4. The third kappa shape index (κ3) is 3.89. The Balaban J connectivity index is 1.71. The van der Waals surface area contributed by atoms with Crippen molar-refractivity contribution in [3.05, 3.63) is 70.0 Å². The van der Waals surface area contributed by atoms with Gasteiger partial charge in [-0.15, -0.1) is 0 Å². The molecule has 0 spiro atoms. The molecule has 2 aromatic carbocycles. The summed E-state index contributed by atoms with van der Waals surface area (Å²) < 4.78 is 19.2. The van der Waals surface area contributed by atoms with Crippen molar-refractivity contribution in [3.63, 3.8) is 0 Å². The topological polar surface area (TPSA) is 84.5 Å². The van der Waals surface area contributed by atoms with Crippen molar-refractivity contribution >= 4 is 35.5 Å². The van der Waals surface area contributed by atoms with Gasteiger partial charge >= 0.3 is 6.03 Å². The second-order valence-corrected chi connectivity index (χ2v) is 5.76.